The van der Waals surface area contributed by atoms with Gasteiger partial charge in [-0.2, -0.15) is 5.43 Å². The zero-order valence-corrected chi connectivity index (χ0v) is 10.2. The van der Waals surface area contributed by atoms with Crippen LogP contribution in [0.15, 0.2) is 36.9 Å². The van der Waals surface area contributed by atoms with Crippen LogP contribution in [0.1, 0.15) is 18.5 Å². The van der Waals surface area contributed by atoms with Gasteiger partial charge in [-0.1, -0.05) is 6.07 Å². The van der Waals surface area contributed by atoms with Crippen molar-refractivity contribution < 1.29 is 9.52 Å². The van der Waals surface area contributed by atoms with Gasteiger partial charge in [0.05, 0.1) is 25.1 Å². The first-order chi connectivity index (χ1) is 7.91. The molecule has 0 aliphatic heterocycles. The van der Waals surface area contributed by atoms with E-state index in [4.69, 9.17) is 0 Å². The number of quaternary nitrogens is 1. The summed E-state index contributed by atoms with van der Waals surface area (Å²) in [4.78, 5) is 13.8. The molecule has 1 N–H and O–H groups in total. The SMILES string of the molecule is CC(N[N+](C)(C)C=C[N+](=O)[O-])c1cccnc1. The van der Waals surface area contributed by atoms with Crippen molar-refractivity contribution in [1.29, 1.82) is 0 Å². The maximum atomic E-state index is 10.3. The summed E-state index contributed by atoms with van der Waals surface area (Å²) in [6.45, 7) is 1.98. The van der Waals surface area contributed by atoms with E-state index in [1.54, 1.807) is 12.4 Å². The third kappa shape index (κ3) is 4.71. The maximum absolute atomic E-state index is 10.3. The molecule has 0 radical (unpaired) electrons. The Morgan fingerprint density at radius 3 is 2.82 bits per heavy atom. The predicted molar refractivity (Wildman–Crippen MR) is 64.0 cm³/mol. The zero-order valence-electron chi connectivity index (χ0n) is 10.2. The minimum Gasteiger partial charge on any atom is -0.264 e. The van der Waals surface area contributed by atoms with E-state index in [2.05, 4.69) is 10.4 Å². The molecule has 0 fully saturated rings. The lowest BCUT2D eigenvalue weighted by molar-refractivity contribution is -0.890. The van der Waals surface area contributed by atoms with Crippen molar-refractivity contribution in [2.24, 2.45) is 0 Å². The van der Waals surface area contributed by atoms with Gasteiger partial charge in [0.2, 0.25) is 0 Å². The molecule has 1 aromatic heterocycles. The Labute approximate surface area is 100 Å². The Morgan fingerprint density at radius 1 is 1.59 bits per heavy atom. The van der Waals surface area contributed by atoms with Crippen LogP contribution in [0.2, 0.25) is 0 Å². The number of nitrogens with one attached hydrogen (secondary N) is 1. The van der Waals surface area contributed by atoms with Crippen LogP contribution in [-0.2, 0) is 0 Å². The van der Waals surface area contributed by atoms with E-state index in [9.17, 15) is 10.1 Å². The van der Waals surface area contributed by atoms with E-state index in [0.717, 1.165) is 11.8 Å². The maximum Gasteiger partial charge on any atom is 0.288 e. The Morgan fingerprint density at radius 2 is 2.29 bits per heavy atom. The van der Waals surface area contributed by atoms with E-state index in [1.165, 1.54) is 6.20 Å². The van der Waals surface area contributed by atoms with Crippen LogP contribution < -0.4 is 5.43 Å². The second-order valence-corrected chi connectivity index (χ2v) is 4.26. The summed E-state index contributed by atoms with van der Waals surface area (Å²) in [7, 11) is 3.65. The number of rotatable bonds is 5. The fraction of sp³-hybridized carbons (Fsp3) is 0.364. The lowest BCUT2D eigenvalue weighted by Crippen LogP contribution is -2.48. The van der Waals surface area contributed by atoms with Crippen molar-refractivity contribution in [2.75, 3.05) is 14.1 Å². The minimum atomic E-state index is -0.476. The van der Waals surface area contributed by atoms with E-state index in [-0.39, 0.29) is 10.6 Å². The molecule has 0 saturated carbocycles. The summed E-state index contributed by atoms with van der Waals surface area (Å²) in [5.74, 6) is 0. The second-order valence-electron chi connectivity index (χ2n) is 4.26. The highest BCUT2D eigenvalue weighted by molar-refractivity contribution is 5.12. The summed E-state index contributed by atoms with van der Waals surface area (Å²) in [5, 5.41) is 10.3. The molecule has 17 heavy (non-hydrogen) atoms. The second kappa shape index (κ2) is 5.51. The third-order valence-corrected chi connectivity index (χ3v) is 2.27. The van der Waals surface area contributed by atoms with Crippen LogP contribution in [0.5, 0.6) is 0 Å². The molecule has 0 aromatic carbocycles. The first-order valence-corrected chi connectivity index (χ1v) is 5.25. The van der Waals surface area contributed by atoms with Crippen LogP contribution in [0.3, 0.4) is 0 Å². The van der Waals surface area contributed by atoms with E-state index < -0.39 is 4.92 Å². The summed E-state index contributed by atoms with van der Waals surface area (Å²) >= 11 is 0. The molecule has 1 unspecified atom stereocenters. The van der Waals surface area contributed by atoms with Gasteiger partial charge in [0.25, 0.3) is 6.20 Å². The molecule has 1 heterocycles. The normalized spacial score (nSPS) is 13.8. The standard InChI is InChI=1S/C11H17N4O2/c1-10(11-5-4-6-12-9-11)13-15(2,3)8-7-14(16)17/h4-10,13H,1-3H3/q+1. The van der Waals surface area contributed by atoms with Crippen molar-refractivity contribution in [2.45, 2.75) is 13.0 Å². The summed E-state index contributed by atoms with van der Waals surface area (Å²) in [6.07, 6.45) is 5.90. The van der Waals surface area contributed by atoms with Gasteiger partial charge in [0, 0.05) is 12.4 Å². The van der Waals surface area contributed by atoms with E-state index >= 15 is 0 Å². The molecular weight excluding hydrogens is 220 g/mol. The molecule has 0 saturated heterocycles. The molecule has 1 aromatic rings. The van der Waals surface area contributed by atoms with Crippen LogP contribution in [0, 0.1) is 10.1 Å². The number of hydrogen-bond donors (Lipinski definition) is 1. The van der Waals surface area contributed by atoms with E-state index in [1.807, 2.05) is 33.2 Å². The third-order valence-electron chi connectivity index (χ3n) is 2.27. The van der Waals surface area contributed by atoms with Crippen molar-refractivity contribution in [3.05, 3.63) is 52.6 Å². The molecule has 6 nitrogen and oxygen atoms in total. The number of pyridine rings is 1. The lowest BCUT2D eigenvalue weighted by atomic mass is 10.1. The zero-order chi connectivity index (χ0) is 12.9. The average molecular weight is 237 g/mol. The monoisotopic (exact) mass is 237 g/mol. The largest absolute Gasteiger partial charge is 0.288 e. The van der Waals surface area contributed by atoms with E-state index in [0.29, 0.717) is 0 Å². The van der Waals surface area contributed by atoms with Crippen molar-refractivity contribution in [3.63, 3.8) is 0 Å². The van der Waals surface area contributed by atoms with Gasteiger partial charge in [-0.05, 0) is 18.6 Å². The highest BCUT2D eigenvalue weighted by Crippen LogP contribution is 2.12. The fourth-order valence-electron chi connectivity index (χ4n) is 1.47. The first kappa shape index (κ1) is 13.3. The molecule has 1 rings (SSSR count). The minimum absolute atomic E-state index is 0.0510. The molecule has 0 spiro atoms. The molecular formula is C11H17N4O2+. The summed E-state index contributed by atoms with van der Waals surface area (Å²) in [5.41, 5.74) is 4.27. The first-order valence-electron chi connectivity index (χ1n) is 5.25. The van der Waals surface area contributed by atoms with Crippen LogP contribution >= 0.6 is 0 Å². The topological polar surface area (TPSA) is 68.1 Å². The Kier molecular flexibility index (Phi) is 4.30. The molecule has 0 aliphatic carbocycles. The number of nitrogens with zero attached hydrogens (tertiary/aromatic N) is 3. The van der Waals surface area contributed by atoms with Gasteiger partial charge in [0.15, 0.2) is 6.20 Å². The Balaban J connectivity index is 2.68. The molecule has 6 heteroatoms. The van der Waals surface area contributed by atoms with Crippen LogP contribution in [0.25, 0.3) is 0 Å². The molecule has 1 atom stereocenters. The molecule has 0 bridgehead atoms. The average Bonchev–Trinajstić information content (AvgIpc) is 2.27. The summed E-state index contributed by atoms with van der Waals surface area (Å²) < 4.78 is 0.219. The van der Waals surface area contributed by atoms with Crippen molar-refractivity contribution >= 4 is 0 Å². The molecule has 0 aliphatic rings. The summed E-state index contributed by atoms with van der Waals surface area (Å²) in [6, 6.07) is 3.87. The Hall–Kier alpha value is -1.79. The smallest absolute Gasteiger partial charge is 0.264 e. The highest BCUT2D eigenvalue weighted by atomic mass is 16.6. The highest BCUT2D eigenvalue weighted by Gasteiger charge is 2.18. The van der Waals surface area contributed by atoms with Gasteiger partial charge in [-0.25, -0.2) is 4.59 Å². The van der Waals surface area contributed by atoms with Crippen LogP contribution in [0.4, 0.5) is 0 Å². The van der Waals surface area contributed by atoms with Gasteiger partial charge >= 0.3 is 0 Å². The quantitative estimate of drug-likeness (QED) is 0.478. The number of hydrogen-bond acceptors (Lipinski definition) is 4. The van der Waals surface area contributed by atoms with Crippen LogP contribution in [-0.4, -0.2) is 28.6 Å². The van der Waals surface area contributed by atoms with Gasteiger partial charge in [-0.15, -0.1) is 0 Å². The lowest BCUT2D eigenvalue weighted by Gasteiger charge is -2.27. The molecule has 0 amide bonds. The van der Waals surface area contributed by atoms with Gasteiger partial charge < -0.3 is 0 Å². The van der Waals surface area contributed by atoms with Crippen molar-refractivity contribution in [3.8, 4) is 0 Å². The number of nitro groups is 1. The van der Waals surface area contributed by atoms with Gasteiger partial charge in [0.1, 0.15) is 0 Å². The van der Waals surface area contributed by atoms with Gasteiger partial charge in [-0.3, -0.25) is 15.1 Å². The van der Waals surface area contributed by atoms with Crippen molar-refractivity contribution in [1.82, 2.24) is 10.4 Å². The predicted octanol–water partition coefficient (Wildman–Crippen LogP) is 1.47. The fourth-order valence-corrected chi connectivity index (χ4v) is 1.47. The number of aromatic nitrogens is 1. The Bertz CT molecular complexity index is 403. The molecule has 92 valence electrons.